The van der Waals surface area contributed by atoms with Crippen molar-refractivity contribution >= 4 is 11.6 Å². The first-order chi connectivity index (χ1) is 8.30. The molecule has 1 aliphatic rings. The maximum absolute atomic E-state index is 5.87. The van der Waals surface area contributed by atoms with Crippen molar-refractivity contribution in [3.05, 3.63) is 0 Å². The summed E-state index contributed by atoms with van der Waals surface area (Å²) in [5, 5.41) is 0. The van der Waals surface area contributed by atoms with E-state index >= 15 is 0 Å². The van der Waals surface area contributed by atoms with Gasteiger partial charge in [-0.2, -0.15) is 0 Å². The van der Waals surface area contributed by atoms with Gasteiger partial charge in [-0.15, -0.1) is 11.6 Å². The molecule has 17 heavy (non-hydrogen) atoms. The number of rotatable bonds is 8. The molecule has 0 aliphatic carbocycles. The molecule has 0 bridgehead atoms. The SMILES string of the molecule is CCCCC(CC)CN1CCCC(CCCl)C1. The van der Waals surface area contributed by atoms with Crippen LogP contribution in [0.4, 0.5) is 0 Å². The fourth-order valence-corrected chi connectivity index (χ4v) is 3.30. The second-order valence-electron chi connectivity index (χ2n) is 5.66. The lowest BCUT2D eigenvalue weighted by Crippen LogP contribution is -2.38. The standard InChI is InChI=1S/C15H30ClN/c1-3-5-7-14(4-2)12-17-11-6-8-15(13-17)9-10-16/h14-15H,3-13H2,1-2H3. The Morgan fingerprint density at radius 3 is 2.82 bits per heavy atom. The first kappa shape index (κ1) is 15.3. The minimum absolute atomic E-state index is 0.839. The molecule has 2 heteroatoms. The number of halogens is 1. The summed E-state index contributed by atoms with van der Waals surface area (Å²) in [5.41, 5.74) is 0. The van der Waals surface area contributed by atoms with Crippen LogP contribution in [0.25, 0.3) is 0 Å². The minimum atomic E-state index is 0.839. The molecule has 0 aromatic rings. The van der Waals surface area contributed by atoms with E-state index in [1.54, 1.807) is 0 Å². The molecule has 0 aromatic heterocycles. The zero-order valence-corrected chi connectivity index (χ0v) is 12.5. The van der Waals surface area contributed by atoms with E-state index in [0.717, 1.165) is 17.7 Å². The van der Waals surface area contributed by atoms with Crippen LogP contribution in [0, 0.1) is 11.8 Å². The molecule has 1 fully saturated rings. The van der Waals surface area contributed by atoms with Crippen molar-refractivity contribution in [3.8, 4) is 0 Å². The monoisotopic (exact) mass is 259 g/mol. The number of hydrogen-bond acceptors (Lipinski definition) is 1. The average molecular weight is 260 g/mol. The second-order valence-corrected chi connectivity index (χ2v) is 6.04. The van der Waals surface area contributed by atoms with Crippen LogP contribution in [-0.4, -0.2) is 30.4 Å². The Bertz CT molecular complexity index is 182. The van der Waals surface area contributed by atoms with Gasteiger partial charge in [-0.1, -0.05) is 33.1 Å². The summed E-state index contributed by atoms with van der Waals surface area (Å²) in [7, 11) is 0. The highest BCUT2D eigenvalue weighted by atomic mass is 35.5. The van der Waals surface area contributed by atoms with E-state index in [4.69, 9.17) is 11.6 Å². The zero-order chi connectivity index (χ0) is 12.5. The van der Waals surface area contributed by atoms with Gasteiger partial charge in [0.15, 0.2) is 0 Å². The Hall–Kier alpha value is 0.250. The third kappa shape index (κ3) is 6.10. The minimum Gasteiger partial charge on any atom is -0.303 e. The molecular formula is C15H30ClN. The van der Waals surface area contributed by atoms with Crippen LogP contribution in [0.2, 0.25) is 0 Å². The van der Waals surface area contributed by atoms with Crippen molar-refractivity contribution < 1.29 is 0 Å². The molecule has 0 radical (unpaired) electrons. The molecule has 1 heterocycles. The summed E-state index contributed by atoms with van der Waals surface area (Å²) in [5.74, 6) is 2.63. The van der Waals surface area contributed by atoms with E-state index in [9.17, 15) is 0 Å². The normalized spacial score (nSPS) is 23.8. The van der Waals surface area contributed by atoms with Gasteiger partial charge in [-0.3, -0.25) is 0 Å². The molecule has 2 unspecified atom stereocenters. The number of unbranched alkanes of at least 4 members (excludes halogenated alkanes) is 1. The Kier molecular flexibility index (Phi) is 8.30. The van der Waals surface area contributed by atoms with Crippen LogP contribution in [0.3, 0.4) is 0 Å². The predicted molar refractivity (Wildman–Crippen MR) is 77.8 cm³/mol. The van der Waals surface area contributed by atoms with Crippen LogP contribution in [-0.2, 0) is 0 Å². The third-order valence-corrected chi connectivity index (χ3v) is 4.40. The molecule has 0 aromatic carbocycles. The molecule has 1 nitrogen and oxygen atoms in total. The summed E-state index contributed by atoms with van der Waals surface area (Å²) in [4.78, 5) is 2.70. The van der Waals surface area contributed by atoms with Gasteiger partial charge < -0.3 is 4.90 Å². The zero-order valence-electron chi connectivity index (χ0n) is 11.8. The molecular weight excluding hydrogens is 230 g/mol. The smallest absolute Gasteiger partial charge is 0.0226 e. The summed E-state index contributed by atoms with van der Waals surface area (Å²) in [6, 6.07) is 0. The number of likely N-dealkylation sites (tertiary alicyclic amines) is 1. The molecule has 1 saturated heterocycles. The van der Waals surface area contributed by atoms with Gasteiger partial charge in [0.1, 0.15) is 0 Å². The topological polar surface area (TPSA) is 3.24 Å². The van der Waals surface area contributed by atoms with E-state index in [1.165, 1.54) is 64.6 Å². The van der Waals surface area contributed by atoms with E-state index in [0.29, 0.717) is 0 Å². The van der Waals surface area contributed by atoms with Gasteiger partial charge in [0.2, 0.25) is 0 Å². The number of alkyl halides is 1. The summed E-state index contributed by atoms with van der Waals surface area (Å²) in [6.45, 7) is 8.59. The van der Waals surface area contributed by atoms with Gasteiger partial charge in [-0.05, 0) is 44.1 Å². The van der Waals surface area contributed by atoms with Crippen molar-refractivity contribution in [1.82, 2.24) is 4.90 Å². The Morgan fingerprint density at radius 1 is 1.35 bits per heavy atom. The van der Waals surface area contributed by atoms with E-state index in [-0.39, 0.29) is 0 Å². The lowest BCUT2D eigenvalue weighted by Gasteiger charge is -2.34. The molecule has 1 aliphatic heterocycles. The average Bonchev–Trinajstić information content (AvgIpc) is 2.35. The molecule has 2 atom stereocenters. The van der Waals surface area contributed by atoms with Gasteiger partial charge in [0.05, 0.1) is 0 Å². The van der Waals surface area contributed by atoms with Gasteiger partial charge in [0, 0.05) is 19.0 Å². The van der Waals surface area contributed by atoms with Gasteiger partial charge in [0.25, 0.3) is 0 Å². The van der Waals surface area contributed by atoms with Crippen molar-refractivity contribution in [2.75, 3.05) is 25.5 Å². The van der Waals surface area contributed by atoms with Crippen molar-refractivity contribution in [3.63, 3.8) is 0 Å². The van der Waals surface area contributed by atoms with Crippen molar-refractivity contribution in [2.45, 2.75) is 58.8 Å². The molecule has 0 amide bonds. The van der Waals surface area contributed by atoms with Crippen LogP contribution in [0.1, 0.15) is 58.8 Å². The number of hydrogen-bond donors (Lipinski definition) is 0. The Labute approximate surface area is 113 Å². The highest BCUT2D eigenvalue weighted by molar-refractivity contribution is 6.17. The van der Waals surface area contributed by atoms with Gasteiger partial charge in [-0.25, -0.2) is 0 Å². The summed E-state index contributed by atoms with van der Waals surface area (Å²) >= 11 is 5.87. The molecule has 0 saturated carbocycles. The van der Waals surface area contributed by atoms with Crippen LogP contribution >= 0.6 is 11.6 Å². The van der Waals surface area contributed by atoms with E-state index in [2.05, 4.69) is 18.7 Å². The maximum atomic E-state index is 5.87. The molecule has 0 spiro atoms. The van der Waals surface area contributed by atoms with E-state index in [1.807, 2.05) is 0 Å². The molecule has 1 rings (SSSR count). The summed E-state index contributed by atoms with van der Waals surface area (Å²) < 4.78 is 0. The fraction of sp³-hybridized carbons (Fsp3) is 1.00. The van der Waals surface area contributed by atoms with Crippen LogP contribution in [0.5, 0.6) is 0 Å². The largest absolute Gasteiger partial charge is 0.303 e. The quantitative estimate of drug-likeness (QED) is 0.579. The Morgan fingerprint density at radius 2 is 2.18 bits per heavy atom. The number of nitrogens with zero attached hydrogens (tertiary/aromatic N) is 1. The van der Waals surface area contributed by atoms with Crippen LogP contribution in [0.15, 0.2) is 0 Å². The highest BCUT2D eigenvalue weighted by Gasteiger charge is 2.21. The molecule has 102 valence electrons. The van der Waals surface area contributed by atoms with Crippen LogP contribution < -0.4 is 0 Å². The third-order valence-electron chi connectivity index (χ3n) is 4.18. The maximum Gasteiger partial charge on any atom is 0.0226 e. The second kappa shape index (κ2) is 9.22. The van der Waals surface area contributed by atoms with Gasteiger partial charge >= 0.3 is 0 Å². The van der Waals surface area contributed by atoms with E-state index < -0.39 is 0 Å². The van der Waals surface area contributed by atoms with Crippen molar-refractivity contribution in [2.24, 2.45) is 11.8 Å². The number of piperidine rings is 1. The van der Waals surface area contributed by atoms with Crippen molar-refractivity contribution in [1.29, 1.82) is 0 Å². The highest BCUT2D eigenvalue weighted by Crippen LogP contribution is 2.22. The first-order valence-corrected chi connectivity index (χ1v) is 8.11. The first-order valence-electron chi connectivity index (χ1n) is 7.58. The fourth-order valence-electron chi connectivity index (χ4n) is 2.99. The lowest BCUT2D eigenvalue weighted by atomic mass is 9.93. The predicted octanol–water partition coefficient (Wildman–Crippen LogP) is 4.54. The summed E-state index contributed by atoms with van der Waals surface area (Å²) in [6.07, 6.45) is 9.49. The molecule has 0 N–H and O–H groups in total. The lowest BCUT2D eigenvalue weighted by molar-refractivity contribution is 0.144. The Balaban J connectivity index is 2.27.